The van der Waals surface area contributed by atoms with Crippen LogP contribution in [0.2, 0.25) is 0 Å². The van der Waals surface area contributed by atoms with Crippen LogP contribution in [0.1, 0.15) is 38.2 Å². The molecule has 3 heterocycles. The van der Waals surface area contributed by atoms with Crippen molar-refractivity contribution in [1.82, 2.24) is 9.88 Å². The number of aliphatic hydroxyl groups excluding tert-OH is 1. The van der Waals surface area contributed by atoms with Crippen LogP contribution in [-0.2, 0) is 6.54 Å². The molecule has 4 rings (SSSR count). The van der Waals surface area contributed by atoms with Crippen LogP contribution in [-0.4, -0.2) is 33.7 Å². The summed E-state index contributed by atoms with van der Waals surface area (Å²) in [6, 6.07) is 14.2. The number of hydrogen-bond donors (Lipinski definition) is 1. The van der Waals surface area contributed by atoms with Gasteiger partial charge < -0.3 is 5.11 Å². The van der Waals surface area contributed by atoms with Gasteiger partial charge in [-0.3, -0.25) is 9.88 Å². The molecule has 1 aromatic carbocycles. The fourth-order valence-electron chi connectivity index (χ4n) is 4.87. The normalized spacial score (nSPS) is 29.2. The second kappa shape index (κ2) is 6.30. The Kier molecular flexibility index (Phi) is 4.15. The highest BCUT2D eigenvalue weighted by Gasteiger charge is 2.54. The summed E-state index contributed by atoms with van der Waals surface area (Å²) in [5, 5.41) is 9.95. The van der Waals surface area contributed by atoms with Crippen molar-refractivity contribution < 1.29 is 5.11 Å². The van der Waals surface area contributed by atoms with E-state index >= 15 is 0 Å². The van der Waals surface area contributed by atoms with Crippen molar-refractivity contribution in [2.45, 2.75) is 51.2 Å². The van der Waals surface area contributed by atoms with Gasteiger partial charge in [-0.1, -0.05) is 37.3 Å². The SMILES string of the molecule is CC[C@@]1(CO)C[C@@H]2CC[C@H]1N2Cc1ccc(-c2cccnc2)cc1. The standard InChI is InChI=1S/C21H26N2O/c1-2-21(15-24)12-19-9-10-20(21)23(19)14-16-5-7-17(8-6-16)18-4-3-11-22-13-18/h3-8,11,13,19-20,24H,2,9-10,12,14-15H2,1H3/t19-,20+,21-/m0/s1. The summed E-state index contributed by atoms with van der Waals surface area (Å²) in [4.78, 5) is 6.85. The molecule has 126 valence electrons. The highest BCUT2D eigenvalue weighted by Crippen LogP contribution is 2.51. The van der Waals surface area contributed by atoms with Crippen molar-refractivity contribution in [3.63, 3.8) is 0 Å². The Morgan fingerprint density at radius 1 is 1.17 bits per heavy atom. The largest absolute Gasteiger partial charge is 0.396 e. The van der Waals surface area contributed by atoms with E-state index in [1.807, 2.05) is 18.5 Å². The molecule has 2 aliphatic heterocycles. The maximum Gasteiger partial charge on any atom is 0.0502 e. The molecule has 0 unspecified atom stereocenters. The summed E-state index contributed by atoms with van der Waals surface area (Å²) < 4.78 is 0. The lowest BCUT2D eigenvalue weighted by Gasteiger charge is -2.35. The Morgan fingerprint density at radius 2 is 2.00 bits per heavy atom. The molecule has 2 aliphatic rings. The van der Waals surface area contributed by atoms with E-state index in [1.54, 1.807) is 0 Å². The first-order chi connectivity index (χ1) is 11.8. The molecule has 0 aliphatic carbocycles. The molecule has 2 saturated heterocycles. The van der Waals surface area contributed by atoms with E-state index in [1.165, 1.54) is 30.4 Å². The second-order valence-electron chi connectivity index (χ2n) is 7.44. The number of rotatable bonds is 5. The summed E-state index contributed by atoms with van der Waals surface area (Å²) in [6.07, 6.45) is 8.50. The molecule has 3 heteroatoms. The van der Waals surface area contributed by atoms with E-state index in [0.29, 0.717) is 18.7 Å². The van der Waals surface area contributed by atoms with Crippen molar-refractivity contribution in [3.05, 3.63) is 54.4 Å². The lowest BCUT2D eigenvalue weighted by Crippen LogP contribution is -2.39. The lowest BCUT2D eigenvalue weighted by atomic mass is 9.72. The van der Waals surface area contributed by atoms with Crippen molar-refractivity contribution >= 4 is 0 Å². The fourth-order valence-corrected chi connectivity index (χ4v) is 4.87. The topological polar surface area (TPSA) is 36.4 Å². The summed E-state index contributed by atoms with van der Waals surface area (Å²) in [7, 11) is 0. The zero-order chi connectivity index (χ0) is 16.6. The number of aliphatic hydroxyl groups is 1. The fraction of sp³-hybridized carbons (Fsp3) is 0.476. The first-order valence-electron chi connectivity index (χ1n) is 9.12. The van der Waals surface area contributed by atoms with E-state index in [4.69, 9.17) is 0 Å². The second-order valence-corrected chi connectivity index (χ2v) is 7.44. The lowest BCUT2D eigenvalue weighted by molar-refractivity contribution is 0.0714. The molecule has 1 N–H and O–H groups in total. The molecular weight excluding hydrogens is 296 g/mol. The first-order valence-corrected chi connectivity index (χ1v) is 9.12. The molecule has 2 fully saturated rings. The van der Waals surface area contributed by atoms with Crippen LogP contribution < -0.4 is 0 Å². The number of hydrogen-bond acceptors (Lipinski definition) is 3. The molecule has 0 saturated carbocycles. The van der Waals surface area contributed by atoms with E-state index in [0.717, 1.165) is 18.5 Å². The molecule has 3 atom stereocenters. The molecular formula is C21H26N2O. The maximum absolute atomic E-state index is 9.95. The molecule has 0 amide bonds. The Balaban J connectivity index is 1.50. The molecule has 0 spiro atoms. The van der Waals surface area contributed by atoms with Crippen LogP contribution in [0.4, 0.5) is 0 Å². The molecule has 2 bridgehead atoms. The molecule has 1 aromatic heterocycles. The van der Waals surface area contributed by atoms with Crippen LogP contribution in [0.15, 0.2) is 48.8 Å². The van der Waals surface area contributed by atoms with Crippen LogP contribution in [0.25, 0.3) is 11.1 Å². The first kappa shape index (κ1) is 15.8. The van der Waals surface area contributed by atoms with Crippen LogP contribution in [0, 0.1) is 5.41 Å². The van der Waals surface area contributed by atoms with E-state index in [-0.39, 0.29) is 5.41 Å². The van der Waals surface area contributed by atoms with Gasteiger partial charge in [0, 0.05) is 36.4 Å². The van der Waals surface area contributed by atoms with Gasteiger partial charge in [-0.15, -0.1) is 0 Å². The third kappa shape index (κ3) is 2.56. The molecule has 2 aromatic rings. The minimum Gasteiger partial charge on any atom is -0.396 e. The van der Waals surface area contributed by atoms with Gasteiger partial charge in [0.05, 0.1) is 6.61 Å². The smallest absolute Gasteiger partial charge is 0.0502 e. The Morgan fingerprint density at radius 3 is 2.62 bits per heavy atom. The quantitative estimate of drug-likeness (QED) is 0.908. The Bertz CT molecular complexity index is 679. The van der Waals surface area contributed by atoms with E-state index < -0.39 is 0 Å². The summed E-state index contributed by atoms with van der Waals surface area (Å²) in [5.41, 5.74) is 3.88. The Labute approximate surface area is 144 Å². The van der Waals surface area contributed by atoms with E-state index in [9.17, 15) is 5.11 Å². The van der Waals surface area contributed by atoms with Crippen LogP contribution in [0.3, 0.4) is 0 Å². The van der Waals surface area contributed by atoms with Gasteiger partial charge in [0.15, 0.2) is 0 Å². The van der Waals surface area contributed by atoms with Crippen LogP contribution >= 0.6 is 0 Å². The zero-order valence-corrected chi connectivity index (χ0v) is 14.4. The van der Waals surface area contributed by atoms with Crippen molar-refractivity contribution in [3.8, 4) is 11.1 Å². The van der Waals surface area contributed by atoms with Crippen molar-refractivity contribution in [2.75, 3.05) is 6.61 Å². The van der Waals surface area contributed by atoms with Gasteiger partial charge in [0.25, 0.3) is 0 Å². The minimum atomic E-state index is 0.137. The van der Waals surface area contributed by atoms with Crippen LogP contribution in [0.5, 0.6) is 0 Å². The highest BCUT2D eigenvalue weighted by atomic mass is 16.3. The minimum absolute atomic E-state index is 0.137. The van der Waals surface area contributed by atoms with Crippen molar-refractivity contribution in [1.29, 1.82) is 0 Å². The van der Waals surface area contributed by atoms with E-state index in [2.05, 4.69) is 47.1 Å². The predicted octanol–water partition coefficient (Wildman–Crippen LogP) is 3.87. The molecule has 0 radical (unpaired) electrons. The zero-order valence-electron chi connectivity index (χ0n) is 14.4. The average molecular weight is 322 g/mol. The Hall–Kier alpha value is -1.71. The summed E-state index contributed by atoms with van der Waals surface area (Å²) in [5.74, 6) is 0. The maximum atomic E-state index is 9.95. The number of pyridine rings is 1. The third-order valence-electron chi connectivity index (χ3n) is 6.32. The van der Waals surface area contributed by atoms with Gasteiger partial charge in [-0.05, 0) is 48.4 Å². The van der Waals surface area contributed by atoms with Gasteiger partial charge in [0.2, 0.25) is 0 Å². The average Bonchev–Trinajstić information content (AvgIpc) is 3.18. The van der Waals surface area contributed by atoms with Gasteiger partial charge >= 0.3 is 0 Å². The number of nitrogens with zero attached hydrogens (tertiary/aromatic N) is 2. The predicted molar refractivity (Wildman–Crippen MR) is 96.5 cm³/mol. The molecule has 3 nitrogen and oxygen atoms in total. The summed E-state index contributed by atoms with van der Waals surface area (Å²) in [6.45, 7) is 3.57. The molecule has 24 heavy (non-hydrogen) atoms. The number of benzene rings is 1. The van der Waals surface area contributed by atoms with Gasteiger partial charge in [-0.2, -0.15) is 0 Å². The number of fused-ring (bicyclic) bond motifs is 2. The highest BCUT2D eigenvalue weighted by molar-refractivity contribution is 5.62. The number of aromatic nitrogens is 1. The summed E-state index contributed by atoms with van der Waals surface area (Å²) >= 11 is 0. The monoisotopic (exact) mass is 322 g/mol. The van der Waals surface area contributed by atoms with Gasteiger partial charge in [0.1, 0.15) is 0 Å². The van der Waals surface area contributed by atoms with Crippen molar-refractivity contribution in [2.24, 2.45) is 5.41 Å². The van der Waals surface area contributed by atoms with Gasteiger partial charge in [-0.25, -0.2) is 0 Å². The third-order valence-corrected chi connectivity index (χ3v) is 6.32.